The first kappa shape index (κ1) is 13.8. The van der Waals surface area contributed by atoms with Crippen molar-refractivity contribution in [2.45, 2.75) is 51.9 Å². The molecule has 0 aromatic carbocycles. The highest BCUT2D eigenvalue weighted by molar-refractivity contribution is 6.18. The molecular formula is C13H24ClNO. The van der Waals surface area contributed by atoms with Gasteiger partial charge in [-0.2, -0.15) is 0 Å². The summed E-state index contributed by atoms with van der Waals surface area (Å²) in [6.07, 6.45) is 8.08. The van der Waals surface area contributed by atoms with Crippen molar-refractivity contribution >= 4 is 17.5 Å². The van der Waals surface area contributed by atoms with E-state index in [1.807, 2.05) is 0 Å². The number of rotatable bonds is 6. The molecule has 1 N–H and O–H groups in total. The van der Waals surface area contributed by atoms with Gasteiger partial charge in [0.2, 0.25) is 5.91 Å². The van der Waals surface area contributed by atoms with Crippen LogP contribution in [0.3, 0.4) is 0 Å². The lowest BCUT2D eigenvalue weighted by Gasteiger charge is -2.20. The van der Waals surface area contributed by atoms with Crippen LogP contribution in [0.2, 0.25) is 0 Å². The Morgan fingerprint density at radius 1 is 1.38 bits per heavy atom. The van der Waals surface area contributed by atoms with Gasteiger partial charge in [-0.25, -0.2) is 0 Å². The van der Waals surface area contributed by atoms with Gasteiger partial charge in [0, 0.05) is 18.3 Å². The molecule has 16 heavy (non-hydrogen) atoms. The Kier molecular flexibility index (Phi) is 6.86. The normalized spacial score (nSPS) is 19.4. The van der Waals surface area contributed by atoms with Crippen molar-refractivity contribution in [3.63, 3.8) is 0 Å². The SMILES string of the molecule is CC(CCl)CCCNC(=O)C1CCCCC1. The molecule has 1 saturated carbocycles. The first-order chi connectivity index (χ1) is 7.74. The Labute approximate surface area is 104 Å². The molecule has 0 saturated heterocycles. The Bertz CT molecular complexity index is 202. The van der Waals surface area contributed by atoms with Gasteiger partial charge in [0.15, 0.2) is 0 Å². The zero-order valence-corrected chi connectivity index (χ0v) is 11.1. The molecule has 0 aromatic heterocycles. The Balaban J connectivity index is 2.05. The Hall–Kier alpha value is -0.240. The minimum absolute atomic E-state index is 0.276. The third-order valence-electron chi connectivity index (χ3n) is 3.41. The van der Waals surface area contributed by atoms with Crippen LogP contribution in [0.25, 0.3) is 0 Å². The molecule has 0 spiro atoms. The van der Waals surface area contributed by atoms with Gasteiger partial charge in [-0.05, 0) is 31.6 Å². The van der Waals surface area contributed by atoms with E-state index >= 15 is 0 Å². The molecule has 94 valence electrons. The minimum Gasteiger partial charge on any atom is -0.356 e. The quantitative estimate of drug-likeness (QED) is 0.565. The van der Waals surface area contributed by atoms with Crippen molar-refractivity contribution in [3.05, 3.63) is 0 Å². The maximum Gasteiger partial charge on any atom is 0.223 e. The maximum atomic E-state index is 11.8. The molecule has 1 rings (SSSR count). The number of hydrogen-bond donors (Lipinski definition) is 1. The van der Waals surface area contributed by atoms with Crippen LogP contribution in [-0.4, -0.2) is 18.3 Å². The van der Waals surface area contributed by atoms with Crippen LogP contribution in [0.15, 0.2) is 0 Å². The third-order valence-corrected chi connectivity index (χ3v) is 3.94. The summed E-state index contributed by atoms with van der Waals surface area (Å²) in [6, 6.07) is 0. The van der Waals surface area contributed by atoms with Gasteiger partial charge in [0.05, 0.1) is 0 Å². The summed E-state index contributed by atoms with van der Waals surface area (Å²) in [5.74, 6) is 1.85. The van der Waals surface area contributed by atoms with Gasteiger partial charge in [-0.3, -0.25) is 4.79 Å². The molecular weight excluding hydrogens is 222 g/mol. The standard InChI is InChI=1S/C13H24ClNO/c1-11(10-14)6-5-9-15-13(16)12-7-3-2-4-8-12/h11-12H,2-10H2,1H3,(H,15,16). The van der Waals surface area contributed by atoms with Crippen molar-refractivity contribution in [3.8, 4) is 0 Å². The average molecular weight is 246 g/mol. The van der Waals surface area contributed by atoms with E-state index in [4.69, 9.17) is 11.6 Å². The Morgan fingerprint density at radius 3 is 2.69 bits per heavy atom. The van der Waals surface area contributed by atoms with Crippen LogP contribution in [0.1, 0.15) is 51.9 Å². The van der Waals surface area contributed by atoms with E-state index in [2.05, 4.69) is 12.2 Å². The van der Waals surface area contributed by atoms with E-state index in [0.29, 0.717) is 11.8 Å². The highest BCUT2D eigenvalue weighted by Gasteiger charge is 2.20. The van der Waals surface area contributed by atoms with Crippen LogP contribution < -0.4 is 5.32 Å². The van der Waals surface area contributed by atoms with E-state index in [9.17, 15) is 4.79 Å². The molecule has 1 unspecified atom stereocenters. The number of carbonyl (C=O) groups is 1. The van der Waals surface area contributed by atoms with Crippen LogP contribution in [-0.2, 0) is 4.79 Å². The number of carbonyl (C=O) groups excluding carboxylic acids is 1. The van der Waals surface area contributed by atoms with E-state index in [-0.39, 0.29) is 5.91 Å². The van der Waals surface area contributed by atoms with Crippen molar-refractivity contribution in [2.24, 2.45) is 11.8 Å². The number of amides is 1. The van der Waals surface area contributed by atoms with Gasteiger partial charge in [-0.15, -0.1) is 11.6 Å². The first-order valence-corrected chi connectivity index (χ1v) is 7.11. The molecule has 1 atom stereocenters. The second kappa shape index (κ2) is 7.94. The van der Waals surface area contributed by atoms with Gasteiger partial charge >= 0.3 is 0 Å². The molecule has 1 aliphatic rings. The zero-order chi connectivity index (χ0) is 11.8. The summed E-state index contributed by atoms with van der Waals surface area (Å²) in [4.78, 5) is 11.8. The fourth-order valence-corrected chi connectivity index (χ4v) is 2.40. The molecule has 3 heteroatoms. The largest absolute Gasteiger partial charge is 0.356 e. The predicted molar refractivity (Wildman–Crippen MR) is 68.7 cm³/mol. The van der Waals surface area contributed by atoms with Crippen molar-refractivity contribution in [1.82, 2.24) is 5.32 Å². The van der Waals surface area contributed by atoms with Gasteiger partial charge in [-0.1, -0.05) is 26.2 Å². The average Bonchev–Trinajstić information content (AvgIpc) is 2.35. The third kappa shape index (κ3) is 5.20. The molecule has 1 amide bonds. The number of nitrogens with one attached hydrogen (secondary N) is 1. The Morgan fingerprint density at radius 2 is 2.06 bits per heavy atom. The number of alkyl halides is 1. The number of halogens is 1. The highest BCUT2D eigenvalue weighted by Crippen LogP contribution is 2.23. The first-order valence-electron chi connectivity index (χ1n) is 6.57. The van der Waals surface area contributed by atoms with E-state index in [1.165, 1.54) is 19.3 Å². The maximum absolute atomic E-state index is 11.8. The second-order valence-electron chi connectivity index (χ2n) is 5.03. The molecule has 0 bridgehead atoms. The van der Waals surface area contributed by atoms with Crippen LogP contribution in [0.4, 0.5) is 0 Å². The lowest BCUT2D eigenvalue weighted by Crippen LogP contribution is -2.32. The van der Waals surface area contributed by atoms with Gasteiger partial charge < -0.3 is 5.32 Å². The molecule has 0 heterocycles. The fraction of sp³-hybridized carbons (Fsp3) is 0.923. The predicted octanol–water partition coefficient (Wildman–Crippen LogP) is 3.34. The second-order valence-corrected chi connectivity index (χ2v) is 5.34. The summed E-state index contributed by atoms with van der Waals surface area (Å²) in [6.45, 7) is 2.96. The van der Waals surface area contributed by atoms with E-state index < -0.39 is 0 Å². The monoisotopic (exact) mass is 245 g/mol. The lowest BCUT2D eigenvalue weighted by atomic mass is 9.88. The smallest absolute Gasteiger partial charge is 0.223 e. The topological polar surface area (TPSA) is 29.1 Å². The molecule has 1 fully saturated rings. The molecule has 0 aliphatic heterocycles. The molecule has 0 radical (unpaired) electrons. The van der Waals surface area contributed by atoms with Crippen LogP contribution in [0.5, 0.6) is 0 Å². The minimum atomic E-state index is 0.276. The van der Waals surface area contributed by atoms with E-state index in [1.54, 1.807) is 0 Å². The number of hydrogen-bond acceptors (Lipinski definition) is 1. The zero-order valence-electron chi connectivity index (χ0n) is 10.3. The fourth-order valence-electron chi connectivity index (χ4n) is 2.25. The molecule has 2 nitrogen and oxygen atoms in total. The van der Waals surface area contributed by atoms with Crippen LogP contribution in [0, 0.1) is 11.8 Å². The van der Waals surface area contributed by atoms with Gasteiger partial charge in [0.25, 0.3) is 0 Å². The summed E-state index contributed by atoms with van der Waals surface area (Å²) in [5, 5.41) is 3.05. The summed E-state index contributed by atoms with van der Waals surface area (Å²) >= 11 is 5.73. The molecule has 0 aromatic rings. The van der Waals surface area contributed by atoms with Crippen molar-refractivity contribution < 1.29 is 4.79 Å². The van der Waals surface area contributed by atoms with Gasteiger partial charge in [0.1, 0.15) is 0 Å². The molecule has 1 aliphatic carbocycles. The van der Waals surface area contributed by atoms with Crippen molar-refractivity contribution in [2.75, 3.05) is 12.4 Å². The summed E-state index contributed by atoms with van der Waals surface area (Å²) < 4.78 is 0. The van der Waals surface area contributed by atoms with Crippen molar-refractivity contribution in [1.29, 1.82) is 0 Å². The summed E-state index contributed by atoms with van der Waals surface area (Å²) in [7, 11) is 0. The lowest BCUT2D eigenvalue weighted by molar-refractivity contribution is -0.125. The highest BCUT2D eigenvalue weighted by atomic mass is 35.5. The van der Waals surface area contributed by atoms with Crippen LogP contribution >= 0.6 is 11.6 Å². The summed E-state index contributed by atoms with van der Waals surface area (Å²) in [5.41, 5.74) is 0. The van der Waals surface area contributed by atoms with E-state index in [0.717, 1.165) is 38.1 Å².